The van der Waals surface area contributed by atoms with Crippen molar-refractivity contribution in [3.63, 3.8) is 0 Å². The fourth-order valence-corrected chi connectivity index (χ4v) is 1.51. The number of rotatable bonds is 6. The first kappa shape index (κ1) is 13.2. The molecule has 6 nitrogen and oxygen atoms in total. The van der Waals surface area contributed by atoms with E-state index in [1.165, 1.54) is 0 Å². The molecular formula is C13H15N3O3. The SMILES string of the molecule is CCOC(=O)CNCc1nnc(-c2ccccc2)o1. The molecule has 0 aliphatic heterocycles. The van der Waals surface area contributed by atoms with Gasteiger partial charge in [0, 0.05) is 5.56 Å². The van der Waals surface area contributed by atoms with Crippen LogP contribution in [0.15, 0.2) is 34.7 Å². The summed E-state index contributed by atoms with van der Waals surface area (Å²) in [5.74, 6) is 0.599. The average Bonchev–Trinajstić information content (AvgIpc) is 2.89. The second-order valence-corrected chi connectivity index (χ2v) is 3.78. The first-order valence-electron chi connectivity index (χ1n) is 6.03. The summed E-state index contributed by atoms with van der Waals surface area (Å²) in [7, 11) is 0. The molecule has 1 aromatic heterocycles. The van der Waals surface area contributed by atoms with Crippen molar-refractivity contribution in [2.75, 3.05) is 13.2 Å². The maximum Gasteiger partial charge on any atom is 0.319 e. The summed E-state index contributed by atoms with van der Waals surface area (Å²) in [5.41, 5.74) is 0.867. The lowest BCUT2D eigenvalue weighted by Gasteiger charge is -2.01. The van der Waals surface area contributed by atoms with Gasteiger partial charge in [0.2, 0.25) is 11.8 Å². The molecule has 100 valence electrons. The molecule has 2 aromatic rings. The number of carbonyl (C=O) groups is 1. The van der Waals surface area contributed by atoms with Crippen LogP contribution in [0.4, 0.5) is 0 Å². The first-order valence-corrected chi connectivity index (χ1v) is 6.03. The van der Waals surface area contributed by atoms with Gasteiger partial charge in [-0.3, -0.25) is 10.1 Å². The van der Waals surface area contributed by atoms with Crippen LogP contribution in [0.3, 0.4) is 0 Å². The summed E-state index contributed by atoms with van der Waals surface area (Å²) >= 11 is 0. The van der Waals surface area contributed by atoms with Gasteiger partial charge in [-0.1, -0.05) is 18.2 Å². The van der Waals surface area contributed by atoms with Crippen LogP contribution in [0, 0.1) is 0 Å². The number of nitrogens with one attached hydrogen (secondary N) is 1. The Labute approximate surface area is 110 Å². The number of aromatic nitrogens is 2. The zero-order valence-electron chi connectivity index (χ0n) is 10.6. The topological polar surface area (TPSA) is 77.2 Å². The highest BCUT2D eigenvalue weighted by atomic mass is 16.5. The third-order valence-electron chi connectivity index (χ3n) is 2.34. The number of benzene rings is 1. The highest BCUT2D eigenvalue weighted by Crippen LogP contribution is 2.16. The third kappa shape index (κ3) is 3.89. The summed E-state index contributed by atoms with van der Waals surface area (Å²) in [4.78, 5) is 11.1. The Morgan fingerprint density at radius 3 is 2.84 bits per heavy atom. The van der Waals surface area contributed by atoms with Crippen LogP contribution in [0.1, 0.15) is 12.8 Å². The van der Waals surface area contributed by atoms with Crippen molar-refractivity contribution >= 4 is 5.97 Å². The lowest BCUT2D eigenvalue weighted by Crippen LogP contribution is -2.24. The zero-order chi connectivity index (χ0) is 13.5. The van der Waals surface area contributed by atoms with E-state index in [9.17, 15) is 4.79 Å². The molecule has 0 saturated carbocycles. The molecule has 19 heavy (non-hydrogen) atoms. The van der Waals surface area contributed by atoms with E-state index in [0.29, 0.717) is 24.9 Å². The van der Waals surface area contributed by atoms with Gasteiger partial charge in [0.05, 0.1) is 19.7 Å². The minimum atomic E-state index is -0.301. The van der Waals surface area contributed by atoms with E-state index in [1.807, 2.05) is 30.3 Å². The Morgan fingerprint density at radius 1 is 1.32 bits per heavy atom. The molecule has 6 heteroatoms. The van der Waals surface area contributed by atoms with Gasteiger partial charge in [-0.25, -0.2) is 0 Å². The summed E-state index contributed by atoms with van der Waals surface area (Å²) in [5, 5.41) is 10.7. The highest BCUT2D eigenvalue weighted by molar-refractivity contribution is 5.71. The zero-order valence-corrected chi connectivity index (χ0v) is 10.6. The van der Waals surface area contributed by atoms with Crippen LogP contribution in [-0.2, 0) is 16.1 Å². The Balaban J connectivity index is 1.86. The molecule has 0 aliphatic carbocycles. The van der Waals surface area contributed by atoms with Crippen molar-refractivity contribution in [1.29, 1.82) is 0 Å². The molecule has 0 atom stereocenters. The van der Waals surface area contributed by atoms with Crippen molar-refractivity contribution in [3.8, 4) is 11.5 Å². The number of carbonyl (C=O) groups excluding carboxylic acids is 1. The first-order chi connectivity index (χ1) is 9.29. The van der Waals surface area contributed by atoms with E-state index in [2.05, 4.69) is 15.5 Å². The number of nitrogens with zero attached hydrogens (tertiary/aromatic N) is 2. The van der Waals surface area contributed by atoms with Crippen LogP contribution in [0.25, 0.3) is 11.5 Å². The molecule has 0 amide bonds. The van der Waals surface area contributed by atoms with Crippen LogP contribution >= 0.6 is 0 Å². The standard InChI is InChI=1S/C13H15N3O3/c1-2-18-12(17)9-14-8-11-15-16-13(19-11)10-6-4-3-5-7-10/h3-7,14H,2,8-9H2,1H3. The summed E-state index contributed by atoms with van der Waals surface area (Å²) in [6, 6.07) is 9.50. The maximum absolute atomic E-state index is 11.1. The van der Waals surface area contributed by atoms with Gasteiger partial charge in [0.15, 0.2) is 0 Å². The smallest absolute Gasteiger partial charge is 0.319 e. The monoisotopic (exact) mass is 261 g/mol. The van der Waals surface area contributed by atoms with Gasteiger partial charge < -0.3 is 9.15 Å². The summed E-state index contributed by atoms with van der Waals surface area (Å²) < 4.78 is 10.3. The summed E-state index contributed by atoms with van der Waals surface area (Å²) in [6.45, 7) is 2.59. The lowest BCUT2D eigenvalue weighted by atomic mass is 10.2. The molecule has 0 saturated heterocycles. The van der Waals surface area contributed by atoms with E-state index < -0.39 is 0 Å². The molecular weight excluding hydrogens is 246 g/mol. The third-order valence-corrected chi connectivity index (χ3v) is 2.34. The van der Waals surface area contributed by atoms with Crippen LogP contribution in [0.5, 0.6) is 0 Å². The Bertz CT molecular complexity index is 525. The van der Waals surface area contributed by atoms with E-state index in [1.54, 1.807) is 6.92 Å². The van der Waals surface area contributed by atoms with Gasteiger partial charge in [0.25, 0.3) is 0 Å². The minimum Gasteiger partial charge on any atom is -0.465 e. The van der Waals surface area contributed by atoms with Crippen molar-refractivity contribution in [3.05, 3.63) is 36.2 Å². The quantitative estimate of drug-likeness (QED) is 0.792. The molecule has 1 aromatic carbocycles. The van der Waals surface area contributed by atoms with Crippen LogP contribution < -0.4 is 5.32 Å². The second-order valence-electron chi connectivity index (χ2n) is 3.78. The number of esters is 1. The average molecular weight is 261 g/mol. The molecule has 0 fully saturated rings. The number of hydrogen-bond donors (Lipinski definition) is 1. The molecule has 0 bridgehead atoms. The lowest BCUT2D eigenvalue weighted by molar-refractivity contribution is -0.142. The maximum atomic E-state index is 11.1. The normalized spacial score (nSPS) is 10.4. The molecule has 0 radical (unpaired) electrons. The molecule has 0 spiro atoms. The predicted octanol–water partition coefficient (Wildman–Crippen LogP) is 1.39. The fourth-order valence-electron chi connectivity index (χ4n) is 1.51. The van der Waals surface area contributed by atoms with Gasteiger partial charge >= 0.3 is 5.97 Å². The van der Waals surface area contributed by atoms with E-state index >= 15 is 0 Å². The second kappa shape index (κ2) is 6.65. The van der Waals surface area contributed by atoms with Crippen LogP contribution in [-0.4, -0.2) is 29.3 Å². The Kier molecular flexibility index (Phi) is 4.63. The van der Waals surface area contributed by atoms with E-state index in [-0.39, 0.29) is 12.5 Å². The highest BCUT2D eigenvalue weighted by Gasteiger charge is 2.08. The van der Waals surface area contributed by atoms with Crippen molar-refractivity contribution in [2.45, 2.75) is 13.5 Å². The number of hydrogen-bond acceptors (Lipinski definition) is 6. The molecule has 0 unspecified atom stereocenters. The van der Waals surface area contributed by atoms with Gasteiger partial charge in [-0.2, -0.15) is 0 Å². The van der Waals surface area contributed by atoms with Crippen molar-refractivity contribution in [2.24, 2.45) is 0 Å². The van der Waals surface area contributed by atoms with Crippen molar-refractivity contribution in [1.82, 2.24) is 15.5 Å². The van der Waals surface area contributed by atoms with Crippen LogP contribution in [0.2, 0.25) is 0 Å². The van der Waals surface area contributed by atoms with Gasteiger partial charge in [-0.05, 0) is 19.1 Å². The van der Waals surface area contributed by atoms with E-state index in [0.717, 1.165) is 5.56 Å². The molecule has 1 heterocycles. The van der Waals surface area contributed by atoms with Gasteiger partial charge in [-0.15, -0.1) is 10.2 Å². The fraction of sp³-hybridized carbons (Fsp3) is 0.308. The minimum absolute atomic E-state index is 0.122. The predicted molar refractivity (Wildman–Crippen MR) is 68.1 cm³/mol. The Hall–Kier alpha value is -2.21. The molecule has 2 rings (SSSR count). The number of ether oxygens (including phenoxy) is 1. The van der Waals surface area contributed by atoms with E-state index in [4.69, 9.17) is 9.15 Å². The summed E-state index contributed by atoms with van der Waals surface area (Å²) in [6.07, 6.45) is 0. The largest absolute Gasteiger partial charge is 0.465 e. The van der Waals surface area contributed by atoms with Gasteiger partial charge in [0.1, 0.15) is 0 Å². The molecule has 1 N–H and O–H groups in total. The van der Waals surface area contributed by atoms with Crippen molar-refractivity contribution < 1.29 is 13.9 Å². The Morgan fingerprint density at radius 2 is 2.11 bits per heavy atom. The molecule has 0 aliphatic rings.